The Bertz CT molecular complexity index is 445. The SMILES string of the molecule is O=CCc1ccc2oc(Cl)cc2c1. The Morgan fingerprint density at radius 1 is 1.38 bits per heavy atom. The molecule has 0 aliphatic rings. The summed E-state index contributed by atoms with van der Waals surface area (Å²) in [5, 5.41) is 1.31. The topological polar surface area (TPSA) is 30.2 Å². The van der Waals surface area contributed by atoms with Gasteiger partial charge < -0.3 is 9.21 Å². The van der Waals surface area contributed by atoms with Crippen LogP contribution in [-0.2, 0) is 11.2 Å². The van der Waals surface area contributed by atoms with E-state index in [1.165, 1.54) is 0 Å². The predicted octanol–water partition coefficient (Wildman–Crippen LogP) is 2.83. The highest BCUT2D eigenvalue weighted by atomic mass is 35.5. The van der Waals surface area contributed by atoms with Crippen molar-refractivity contribution in [2.75, 3.05) is 0 Å². The van der Waals surface area contributed by atoms with Crippen LogP contribution in [0.25, 0.3) is 11.0 Å². The number of benzene rings is 1. The fourth-order valence-electron chi connectivity index (χ4n) is 1.28. The molecule has 1 aromatic heterocycles. The summed E-state index contributed by atoms with van der Waals surface area (Å²) in [6, 6.07) is 7.32. The van der Waals surface area contributed by atoms with Gasteiger partial charge in [0, 0.05) is 17.9 Å². The van der Waals surface area contributed by atoms with E-state index < -0.39 is 0 Å². The molecule has 66 valence electrons. The summed E-state index contributed by atoms with van der Waals surface area (Å²) in [5.74, 6) is 0. The maximum absolute atomic E-state index is 10.3. The zero-order valence-corrected chi connectivity index (χ0v) is 7.54. The molecule has 0 aliphatic heterocycles. The molecule has 1 aromatic carbocycles. The molecule has 3 heteroatoms. The van der Waals surface area contributed by atoms with E-state index >= 15 is 0 Å². The first-order valence-electron chi connectivity index (χ1n) is 3.91. The van der Waals surface area contributed by atoms with Crippen LogP contribution < -0.4 is 0 Å². The van der Waals surface area contributed by atoms with Gasteiger partial charge in [0.05, 0.1) is 0 Å². The first kappa shape index (κ1) is 8.32. The summed E-state index contributed by atoms with van der Waals surface area (Å²) in [6.07, 6.45) is 1.31. The number of halogens is 1. The Kier molecular flexibility index (Phi) is 2.07. The van der Waals surface area contributed by atoms with Gasteiger partial charge in [0.1, 0.15) is 11.9 Å². The van der Waals surface area contributed by atoms with Crippen molar-refractivity contribution >= 4 is 28.9 Å². The van der Waals surface area contributed by atoms with Crippen molar-refractivity contribution in [3.63, 3.8) is 0 Å². The van der Waals surface area contributed by atoms with Crippen molar-refractivity contribution < 1.29 is 9.21 Å². The van der Waals surface area contributed by atoms with Crippen LogP contribution in [0.2, 0.25) is 5.22 Å². The molecule has 2 aromatic rings. The van der Waals surface area contributed by atoms with Crippen molar-refractivity contribution in [1.82, 2.24) is 0 Å². The van der Waals surface area contributed by atoms with Gasteiger partial charge in [0.25, 0.3) is 0 Å². The van der Waals surface area contributed by atoms with Crippen molar-refractivity contribution in [3.8, 4) is 0 Å². The Labute approximate surface area is 80.1 Å². The molecule has 2 rings (SSSR count). The summed E-state index contributed by atoms with van der Waals surface area (Å²) in [4.78, 5) is 10.3. The molecule has 0 radical (unpaired) electrons. The van der Waals surface area contributed by atoms with Crippen LogP contribution in [0.1, 0.15) is 5.56 Å². The number of carbonyl (C=O) groups excluding carboxylic acids is 1. The number of fused-ring (bicyclic) bond motifs is 1. The average molecular weight is 195 g/mol. The number of aldehydes is 1. The van der Waals surface area contributed by atoms with E-state index in [-0.39, 0.29) is 0 Å². The van der Waals surface area contributed by atoms with Gasteiger partial charge in [-0.15, -0.1) is 0 Å². The Balaban J connectivity index is 2.54. The molecule has 0 fully saturated rings. The number of hydrogen-bond acceptors (Lipinski definition) is 2. The van der Waals surface area contributed by atoms with E-state index in [9.17, 15) is 4.79 Å². The molecule has 0 N–H and O–H groups in total. The first-order chi connectivity index (χ1) is 6.29. The second-order valence-electron chi connectivity index (χ2n) is 2.79. The standard InChI is InChI=1S/C10H7ClO2/c11-10-6-8-5-7(3-4-12)1-2-9(8)13-10/h1-2,4-6H,3H2. The highest BCUT2D eigenvalue weighted by Crippen LogP contribution is 2.23. The monoisotopic (exact) mass is 194 g/mol. The van der Waals surface area contributed by atoms with Crippen LogP contribution in [0.5, 0.6) is 0 Å². The second-order valence-corrected chi connectivity index (χ2v) is 3.17. The molecular weight excluding hydrogens is 188 g/mol. The number of furan rings is 1. The highest BCUT2D eigenvalue weighted by Gasteiger charge is 2.01. The maximum Gasteiger partial charge on any atom is 0.194 e. The van der Waals surface area contributed by atoms with Gasteiger partial charge in [-0.2, -0.15) is 0 Å². The van der Waals surface area contributed by atoms with E-state index in [1.54, 1.807) is 6.07 Å². The molecule has 0 amide bonds. The van der Waals surface area contributed by atoms with E-state index in [1.807, 2.05) is 18.2 Å². The molecule has 0 spiro atoms. The largest absolute Gasteiger partial charge is 0.445 e. The molecule has 0 saturated carbocycles. The summed E-state index contributed by atoms with van der Waals surface area (Å²) >= 11 is 5.68. The van der Waals surface area contributed by atoms with E-state index in [2.05, 4.69) is 0 Å². The lowest BCUT2D eigenvalue weighted by atomic mass is 10.1. The van der Waals surface area contributed by atoms with Gasteiger partial charge >= 0.3 is 0 Å². The molecule has 0 unspecified atom stereocenters. The Morgan fingerprint density at radius 3 is 3.00 bits per heavy atom. The minimum absolute atomic E-state index is 0.373. The molecule has 1 heterocycles. The van der Waals surface area contributed by atoms with E-state index in [4.69, 9.17) is 16.0 Å². The van der Waals surface area contributed by atoms with Gasteiger partial charge in [0.15, 0.2) is 5.22 Å². The highest BCUT2D eigenvalue weighted by molar-refractivity contribution is 6.29. The molecule has 2 nitrogen and oxygen atoms in total. The third-order valence-electron chi connectivity index (χ3n) is 1.87. The molecular formula is C10H7ClO2. The van der Waals surface area contributed by atoms with Gasteiger partial charge in [0.2, 0.25) is 0 Å². The normalized spacial score (nSPS) is 10.5. The zero-order chi connectivity index (χ0) is 9.26. The van der Waals surface area contributed by atoms with Crippen LogP contribution >= 0.6 is 11.6 Å². The number of hydrogen-bond donors (Lipinski definition) is 0. The quantitative estimate of drug-likeness (QED) is 0.689. The van der Waals surface area contributed by atoms with Gasteiger partial charge in [-0.25, -0.2) is 0 Å². The average Bonchev–Trinajstić information content (AvgIpc) is 2.44. The fraction of sp³-hybridized carbons (Fsp3) is 0.100. The van der Waals surface area contributed by atoms with Crippen LogP contribution in [-0.4, -0.2) is 6.29 Å². The van der Waals surface area contributed by atoms with Crippen LogP contribution in [0.15, 0.2) is 28.7 Å². The molecule has 0 saturated heterocycles. The van der Waals surface area contributed by atoms with Crippen molar-refractivity contribution in [2.24, 2.45) is 0 Å². The van der Waals surface area contributed by atoms with Gasteiger partial charge in [-0.05, 0) is 29.3 Å². The predicted molar refractivity (Wildman–Crippen MR) is 51.0 cm³/mol. The van der Waals surface area contributed by atoms with Crippen LogP contribution in [0.4, 0.5) is 0 Å². The fourth-order valence-corrected chi connectivity index (χ4v) is 1.48. The minimum Gasteiger partial charge on any atom is -0.445 e. The lowest BCUT2D eigenvalue weighted by Gasteiger charge is -1.93. The first-order valence-corrected chi connectivity index (χ1v) is 4.29. The summed E-state index contributed by atoms with van der Waals surface area (Å²) in [7, 11) is 0. The van der Waals surface area contributed by atoms with Gasteiger partial charge in [-0.1, -0.05) is 6.07 Å². The van der Waals surface area contributed by atoms with Crippen molar-refractivity contribution in [1.29, 1.82) is 0 Å². The lowest BCUT2D eigenvalue weighted by molar-refractivity contribution is -0.107. The Hall–Kier alpha value is -1.28. The van der Waals surface area contributed by atoms with E-state index in [0.29, 0.717) is 11.6 Å². The molecule has 0 atom stereocenters. The minimum atomic E-state index is 0.373. The van der Waals surface area contributed by atoms with Gasteiger partial charge in [-0.3, -0.25) is 0 Å². The molecule has 13 heavy (non-hydrogen) atoms. The summed E-state index contributed by atoms with van der Waals surface area (Å²) in [5.41, 5.74) is 1.72. The lowest BCUT2D eigenvalue weighted by Crippen LogP contribution is -1.83. The Morgan fingerprint density at radius 2 is 2.23 bits per heavy atom. The molecule has 0 aliphatic carbocycles. The third kappa shape index (κ3) is 1.58. The van der Waals surface area contributed by atoms with Crippen molar-refractivity contribution in [2.45, 2.75) is 6.42 Å². The number of carbonyl (C=O) groups is 1. The summed E-state index contributed by atoms with van der Waals surface area (Å²) in [6.45, 7) is 0. The maximum atomic E-state index is 10.3. The zero-order valence-electron chi connectivity index (χ0n) is 6.79. The second kappa shape index (κ2) is 3.23. The van der Waals surface area contributed by atoms with E-state index in [0.717, 1.165) is 22.8 Å². The van der Waals surface area contributed by atoms with Crippen LogP contribution in [0.3, 0.4) is 0 Å². The third-order valence-corrected chi connectivity index (χ3v) is 2.06. The van der Waals surface area contributed by atoms with Crippen molar-refractivity contribution in [3.05, 3.63) is 35.0 Å². The number of rotatable bonds is 2. The smallest absolute Gasteiger partial charge is 0.194 e. The van der Waals surface area contributed by atoms with Crippen LogP contribution in [0, 0.1) is 0 Å². The summed E-state index contributed by atoms with van der Waals surface area (Å²) < 4.78 is 5.18. The molecule has 0 bridgehead atoms.